The summed E-state index contributed by atoms with van der Waals surface area (Å²) in [6.45, 7) is 8.93. The van der Waals surface area contributed by atoms with Crippen LogP contribution in [-0.2, 0) is 0 Å². The first kappa shape index (κ1) is 15.2. The van der Waals surface area contributed by atoms with E-state index in [1.807, 2.05) is 13.8 Å². The zero-order valence-corrected chi connectivity index (χ0v) is 13.2. The van der Waals surface area contributed by atoms with Crippen molar-refractivity contribution >= 4 is 21.8 Å². The van der Waals surface area contributed by atoms with E-state index in [0.717, 1.165) is 35.0 Å². The first-order chi connectivity index (χ1) is 8.45. The monoisotopic (exact) mass is 311 g/mol. The Labute approximate surface area is 118 Å². The fourth-order valence-electron chi connectivity index (χ4n) is 2.18. The van der Waals surface area contributed by atoms with Crippen LogP contribution in [0, 0.1) is 26.7 Å². The van der Waals surface area contributed by atoms with Crippen LogP contribution < -0.4 is 5.32 Å². The lowest BCUT2D eigenvalue weighted by atomic mass is 9.99. The summed E-state index contributed by atoms with van der Waals surface area (Å²) in [5.74, 6) is 0.547. The fraction of sp³-hybridized carbons (Fsp3) is 0.533. The van der Waals surface area contributed by atoms with Crippen molar-refractivity contribution in [3.63, 3.8) is 0 Å². The molecular weight excluding hydrogens is 290 g/mol. The fourth-order valence-corrected chi connectivity index (χ4v) is 2.96. The van der Waals surface area contributed by atoms with Crippen LogP contribution in [0.1, 0.15) is 40.4 Å². The maximum absolute atomic E-state index is 12.2. The Hall–Kier alpha value is -0.830. The number of carbonyl (C=O) groups excluding carboxylic acids is 1. The second-order valence-corrected chi connectivity index (χ2v) is 5.86. The molecular formula is C15H22BrNO. The standard InChI is InChI=1S/C15H22BrNO/c1-10(5-6-16)9-17-15(18)14-12(3)7-11(2)8-13(14)4/h7-8,10H,5-6,9H2,1-4H3,(H,17,18). The first-order valence-corrected chi connectivity index (χ1v) is 7.49. The van der Waals surface area contributed by atoms with Crippen molar-refractivity contribution in [1.82, 2.24) is 5.32 Å². The molecule has 0 heterocycles. The summed E-state index contributed by atoms with van der Waals surface area (Å²) in [6.07, 6.45) is 1.08. The lowest BCUT2D eigenvalue weighted by Gasteiger charge is -2.14. The summed E-state index contributed by atoms with van der Waals surface area (Å²) in [6, 6.07) is 4.12. The maximum atomic E-state index is 12.2. The number of hydrogen-bond donors (Lipinski definition) is 1. The van der Waals surface area contributed by atoms with Crippen LogP contribution in [0.4, 0.5) is 0 Å². The van der Waals surface area contributed by atoms with Gasteiger partial charge >= 0.3 is 0 Å². The molecule has 0 spiro atoms. The van der Waals surface area contributed by atoms with Gasteiger partial charge in [0.25, 0.3) is 5.91 Å². The van der Waals surface area contributed by atoms with Crippen LogP contribution in [0.25, 0.3) is 0 Å². The van der Waals surface area contributed by atoms with Gasteiger partial charge in [-0.05, 0) is 44.2 Å². The molecule has 0 saturated carbocycles. The van der Waals surface area contributed by atoms with E-state index in [9.17, 15) is 4.79 Å². The molecule has 1 N–H and O–H groups in total. The van der Waals surface area contributed by atoms with Gasteiger partial charge in [-0.2, -0.15) is 0 Å². The average molecular weight is 312 g/mol. The highest BCUT2D eigenvalue weighted by molar-refractivity contribution is 9.09. The highest BCUT2D eigenvalue weighted by Gasteiger charge is 2.13. The van der Waals surface area contributed by atoms with Crippen LogP contribution >= 0.6 is 15.9 Å². The number of rotatable bonds is 5. The summed E-state index contributed by atoms with van der Waals surface area (Å²) in [7, 11) is 0. The number of benzene rings is 1. The van der Waals surface area contributed by atoms with E-state index < -0.39 is 0 Å². The Kier molecular flexibility index (Phi) is 5.86. The molecule has 0 fully saturated rings. The lowest BCUT2D eigenvalue weighted by Crippen LogP contribution is -2.29. The molecule has 18 heavy (non-hydrogen) atoms. The van der Waals surface area contributed by atoms with Gasteiger partial charge < -0.3 is 5.32 Å². The second-order valence-electron chi connectivity index (χ2n) is 5.07. The molecule has 0 radical (unpaired) electrons. The Balaban J connectivity index is 2.73. The van der Waals surface area contributed by atoms with Gasteiger partial charge in [0.2, 0.25) is 0 Å². The molecule has 1 aromatic rings. The minimum absolute atomic E-state index is 0.0476. The van der Waals surface area contributed by atoms with Crippen molar-refractivity contribution in [2.45, 2.75) is 34.1 Å². The van der Waals surface area contributed by atoms with E-state index in [0.29, 0.717) is 5.92 Å². The van der Waals surface area contributed by atoms with Gasteiger partial charge in [-0.25, -0.2) is 0 Å². The highest BCUT2D eigenvalue weighted by Crippen LogP contribution is 2.16. The number of amides is 1. The number of nitrogens with one attached hydrogen (secondary N) is 1. The topological polar surface area (TPSA) is 29.1 Å². The lowest BCUT2D eigenvalue weighted by molar-refractivity contribution is 0.0946. The summed E-state index contributed by atoms with van der Waals surface area (Å²) in [5.41, 5.74) is 4.14. The molecule has 0 aromatic heterocycles. The van der Waals surface area contributed by atoms with Crippen molar-refractivity contribution in [3.8, 4) is 0 Å². The molecule has 1 aromatic carbocycles. The third-order valence-corrected chi connectivity index (χ3v) is 3.57. The molecule has 0 aliphatic rings. The van der Waals surface area contributed by atoms with Crippen molar-refractivity contribution in [2.24, 2.45) is 5.92 Å². The minimum Gasteiger partial charge on any atom is -0.352 e. The Morgan fingerprint density at radius 2 is 1.83 bits per heavy atom. The van der Waals surface area contributed by atoms with E-state index in [2.05, 4.69) is 47.2 Å². The molecule has 0 saturated heterocycles. The van der Waals surface area contributed by atoms with Crippen LogP contribution in [0.15, 0.2) is 12.1 Å². The zero-order chi connectivity index (χ0) is 13.7. The van der Waals surface area contributed by atoms with Crippen LogP contribution in [0.2, 0.25) is 0 Å². The van der Waals surface area contributed by atoms with Gasteiger partial charge in [0.1, 0.15) is 0 Å². The van der Waals surface area contributed by atoms with Crippen molar-refractivity contribution in [2.75, 3.05) is 11.9 Å². The predicted molar refractivity (Wildman–Crippen MR) is 80.6 cm³/mol. The van der Waals surface area contributed by atoms with E-state index in [1.54, 1.807) is 0 Å². The van der Waals surface area contributed by atoms with Gasteiger partial charge in [0, 0.05) is 17.4 Å². The van der Waals surface area contributed by atoms with Gasteiger partial charge in [-0.3, -0.25) is 4.79 Å². The molecule has 1 unspecified atom stereocenters. The van der Waals surface area contributed by atoms with Crippen LogP contribution in [0.5, 0.6) is 0 Å². The Morgan fingerprint density at radius 1 is 1.28 bits per heavy atom. The maximum Gasteiger partial charge on any atom is 0.251 e. The molecule has 0 bridgehead atoms. The Bertz CT molecular complexity index is 405. The summed E-state index contributed by atoms with van der Waals surface area (Å²) in [4.78, 5) is 12.2. The largest absolute Gasteiger partial charge is 0.352 e. The molecule has 1 rings (SSSR count). The van der Waals surface area contributed by atoms with Crippen LogP contribution in [-0.4, -0.2) is 17.8 Å². The average Bonchev–Trinajstić information content (AvgIpc) is 2.25. The summed E-state index contributed by atoms with van der Waals surface area (Å²) in [5, 5.41) is 4.00. The van der Waals surface area contributed by atoms with Gasteiger partial charge in [0.05, 0.1) is 0 Å². The smallest absolute Gasteiger partial charge is 0.251 e. The number of alkyl halides is 1. The van der Waals surface area contributed by atoms with Gasteiger partial charge in [-0.15, -0.1) is 0 Å². The summed E-state index contributed by atoms with van der Waals surface area (Å²) < 4.78 is 0. The molecule has 0 aliphatic carbocycles. The van der Waals surface area contributed by atoms with E-state index >= 15 is 0 Å². The van der Waals surface area contributed by atoms with E-state index in [1.165, 1.54) is 5.56 Å². The van der Waals surface area contributed by atoms with Crippen molar-refractivity contribution in [3.05, 3.63) is 34.4 Å². The van der Waals surface area contributed by atoms with E-state index in [-0.39, 0.29) is 5.91 Å². The number of carbonyl (C=O) groups is 1. The summed E-state index contributed by atoms with van der Waals surface area (Å²) >= 11 is 3.42. The minimum atomic E-state index is 0.0476. The Morgan fingerprint density at radius 3 is 2.33 bits per heavy atom. The van der Waals surface area contributed by atoms with Gasteiger partial charge in [0.15, 0.2) is 0 Å². The second kappa shape index (κ2) is 6.93. The van der Waals surface area contributed by atoms with Crippen molar-refractivity contribution in [1.29, 1.82) is 0 Å². The molecule has 1 amide bonds. The zero-order valence-electron chi connectivity index (χ0n) is 11.6. The van der Waals surface area contributed by atoms with Crippen molar-refractivity contribution < 1.29 is 4.79 Å². The van der Waals surface area contributed by atoms with Gasteiger partial charge in [-0.1, -0.05) is 40.5 Å². The normalized spacial score (nSPS) is 12.3. The molecule has 3 heteroatoms. The van der Waals surface area contributed by atoms with E-state index in [4.69, 9.17) is 0 Å². The highest BCUT2D eigenvalue weighted by atomic mass is 79.9. The molecule has 0 aliphatic heterocycles. The number of aryl methyl sites for hydroxylation is 3. The quantitative estimate of drug-likeness (QED) is 0.824. The molecule has 2 nitrogen and oxygen atoms in total. The first-order valence-electron chi connectivity index (χ1n) is 6.37. The number of halogens is 1. The third-order valence-electron chi connectivity index (χ3n) is 3.12. The third kappa shape index (κ3) is 4.13. The molecule has 100 valence electrons. The predicted octanol–water partition coefficient (Wildman–Crippen LogP) is 3.76. The SMILES string of the molecule is Cc1cc(C)c(C(=O)NCC(C)CCBr)c(C)c1. The molecule has 1 atom stereocenters. The number of hydrogen-bond acceptors (Lipinski definition) is 1. The van der Waals surface area contributed by atoms with Crippen LogP contribution in [0.3, 0.4) is 0 Å².